The van der Waals surface area contributed by atoms with Crippen molar-refractivity contribution in [1.82, 2.24) is 0 Å². The van der Waals surface area contributed by atoms with Gasteiger partial charge in [-0.2, -0.15) is 0 Å². The molecule has 0 fully saturated rings. The van der Waals surface area contributed by atoms with Crippen molar-refractivity contribution in [2.24, 2.45) is 5.73 Å². The molecule has 4 N–H and O–H groups in total. The van der Waals surface area contributed by atoms with Crippen LogP contribution >= 0.6 is 0 Å². The molecule has 0 aliphatic heterocycles. The van der Waals surface area contributed by atoms with Gasteiger partial charge in [-0.3, -0.25) is 9.59 Å². The Balaban J connectivity index is 2.87. The Morgan fingerprint density at radius 3 is 2.57 bits per heavy atom. The van der Waals surface area contributed by atoms with E-state index in [2.05, 4.69) is 5.32 Å². The first-order valence-electron chi connectivity index (χ1n) is 3.91. The van der Waals surface area contributed by atoms with Gasteiger partial charge >= 0.3 is 11.8 Å². The third-order valence-electron chi connectivity index (χ3n) is 1.63. The Hall–Kier alpha value is -2.04. The molecule has 5 heteroatoms. The molecule has 0 saturated carbocycles. The van der Waals surface area contributed by atoms with Crippen molar-refractivity contribution < 1.29 is 14.7 Å². The summed E-state index contributed by atoms with van der Waals surface area (Å²) in [5, 5.41) is 11.5. The third kappa shape index (κ3) is 2.22. The van der Waals surface area contributed by atoms with Crippen molar-refractivity contribution >= 4 is 17.5 Å². The van der Waals surface area contributed by atoms with Crippen LogP contribution in [0.2, 0.25) is 0 Å². The lowest BCUT2D eigenvalue weighted by Gasteiger charge is -2.05. The highest BCUT2D eigenvalue weighted by Crippen LogP contribution is 2.23. The molecule has 0 radical (unpaired) electrons. The highest BCUT2D eigenvalue weighted by Gasteiger charge is 2.10. The number of phenolic OH excluding ortho intramolecular Hbond substituents is 1. The first-order chi connectivity index (χ1) is 6.50. The van der Waals surface area contributed by atoms with Crippen molar-refractivity contribution in [2.75, 3.05) is 5.32 Å². The quantitative estimate of drug-likeness (QED) is 0.438. The zero-order valence-electron chi connectivity index (χ0n) is 7.57. The molecule has 1 aromatic rings. The molecule has 1 rings (SSSR count). The van der Waals surface area contributed by atoms with Gasteiger partial charge in [0.15, 0.2) is 0 Å². The minimum absolute atomic E-state index is 0.0976. The van der Waals surface area contributed by atoms with E-state index in [9.17, 15) is 14.7 Å². The number of nitrogens with two attached hydrogens (primary N) is 1. The maximum Gasteiger partial charge on any atom is 0.313 e. The van der Waals surface area contributed by atoms with Crippen molar-refractivity contribution in [3.8, 4) is 5.75 Å². The molecule has 1 aromatic carbocycles. The van der Waals surface area contributed by atoms with Crippen LogP contribution in [0.5, 0.6) is 5.75 Å². The van der Waals surface area contributed by atoms with E-state index in [1.54, 1.807) is 13.0 Å². The summed E-state index contributed by atoms with van der Waals surface area (Å²) in [6.07, 6.45) is 0. The van der Waals surface area contributed by atoms with Gasteiger partial charge in [0.25, 0.3) is 0 Å². The van der Waals surface area contributed by atoms with Crippen LogP contribution in [0.4, 0.5) is 5.69 Å². The van der Waals surface area contributed by atoms with Crippen LogP contribution in [-0.4, -0.2) is 16.9 Å². The molecule has 0 bridgehead atoms. The number of primary amides is 1. The van der Waals surface area contributed by atoms with E-state index in [1.807, 2.05) is 0 Å². The Morgan fingerprint density at radius 2 is 2.07 bits per heavy atom. The van der Waals surface area contributed by atoms with Gasteiger partial charge in [-0.1, -0.05) is 6.07 Å². The Morgan fingerprint density at radius 1 is 1.43 bits per heavy atom. The van der Waals surface area contributed by atoms with Crippen LogP contribution in [0.1, 0.15) is 5.56 Å². The Kier molecular flexibility index (Phi) is 2.71. The van der Waals surface area contributed by atoms with Gasteiger partial charge in [-0.05, 0) is 24.6 Å². The highest BCUT2D eigenvalue weighted by molar-refractivity contribution is 6.39. The van der Waals surface area contributed by atoms with E-state index in [4.69, 9.17) is 5.73 Å². The van der Waals surface area contributed by atoms with Crippen molar-refractivity contribution in [3.63, 3.8) is 0 Å². The maximum absolute atomic E-state index is 10.9. The van der Waals surface area contributed by atoms with Crippen LogP contribution in [0.3, 0.4) is 0 Å². The van der Waals surface area contributed by atoms with Gasteiger partial charge in [0, 0.05) is 0 Å². The zero-order chi connectivity index (χ0) is 10.7. The van der Waals surface area contributed by atoms with Gasteiger partial charge in [-0.15, -0.1) is 0 Å². The summed E-state index contributed by atoms with van der Waals surface area (Å²) in [6, 6.07) is 4.65. The molecule has 14 heavy (non-hydrogen) atoms. The van der Waals surface area contributed by atoms with E-state index in [0.717, 1.165) is 5.56 Å². The van der Waals surface area contributed by atoms with Crippen LogP contribution in [0.15, 0.2) is 18.2 Å². The number of benzene rings is 1. The number of rotatable bonds is 1. The first kappa shape index (κ1) is 10.0. The number of carbonyl (C=O) groups excluding carboxylic acids is 2. The number of hydrogen-bond donors (Lipinski definition) is 3. The molecule has 0 spiro atoms. The summed E-state index contributed by atoms with van der Waals surface area (Å²) in [6.45, 7) is 1.79. The van der Waals surface area contributed by atoms with E-state index in [-0.39, 0.29) is 11.4 Å². The third-order valence-corrected chi connectivity index (χ3v) is 1.63. The molecule has 0 unspecified atom stereocenters. The number of aryl methyl sites for hydroxylation is 1. The predicted molar refractivity (Wildman–Crippen MR) is 50.7 cm³/mol. The van der Waals surface area contributed by atoms with Crippen LogP contribution in [-0.2, 0) is 9.59 Å². The molecule has 5 nitrogen and oxygen atoms in total. The summed E-state index contributed by atoms with van der Waals surface area (Å²) in [7, 11) is 0. The summed E-state index contributed by atoms with van der Waals surface area (Å²) < 4.78 is 0. The fourth-order valence-electron chi connectivity index (χ4n) is 0.931. The molecule has 0 aliphatic carbocycles. The highest BCUT2D eigenvalue weighted by atomic mass is 16.3. The molecule has 0 saturated heterocycles. The monoisotopic (exact) mass is 194 g/mol. The molecule has 0 aliphatic rings. The maximum atomic E-state index is 10.9. The summed E-state index contributed by atoms with van der Waals surface area (Å²) in [4.78, 5) is 21.3. The smallest absolute Gasteiger partial charge is 0.313 e. The fraction of sp³-hybridized carbons (Fsp3) is 0.111. The van der Waals surface area contributed by atoms with E-state index >= 15 is 0 Å². The van der Waals surface area contributed by atoms with Crippen molar-refractivity contribution in [3.05, 3.63) is 23.8 Å². The van der Waals surface area contributed by atoms with Crippen molar-refractivity contribution in [1.29, 1.82) is 0 Å². The lowest BCUT2D eigenvalue weighted by molar-refractivity contribution is -0.134. The minimum Gasteiger partial charge on any atom is -0.506 e. The number of amides is 2. The summed E-state index contributed by atoms with van der Waals surface area (Å²) >= 11 is 0. The van der Waals surface area contributed by atoms with Gasteiger partial charge in [0.05, 0.1) is 5.69 Å². The average molecular weight is 194 g/mol. The zero-order valence-corrected chi connectivity index (χ0v) is 7.57. The van der Waals surface area contributed by atoms with Crippen LogP contribution < -0.4 is 11.1 Å². The second kappa shape index (κ2) is 3.78. The number of hydrogen-bond acceptors (Lipinski definition) is 3. The number of nitrogens with one attached hydrogen (secondary N) is 1. The van der Waals surface area contributed by atoms with Gasteiger partial charge in [-0.25, -0.2) is 0 Å². The Labute approximate surface area is 80.5 Å². The van der Waals surface area contributed by atoms with Crippen LogP contribution in [0.25, 0.3) is 0 Å². The van der Waals surface area contributed by atoms with E-state index in [1.165, 1.54) is 12.1 Å². The number of aromatic hydroxyl groups is 1. The molecule has 0 heterocycles. The van der Waals surface area contributed by atoms with E-state index in [0.29, 0.717) is 0 Å². The number of anilines is 1. The molecule has 0 atom stereocenters. The summed E-state index contributed by atoms with van der Waals surface area (Å²) in [5.41, 5.74) is 5.74. The molecule has 0 aromatic heterocycles. The van der Waals surface area contributed by atoms with E-state index < -0.39 is 11.8 Å². The second-order valence-corrected chi connectivity index (χ2v) is 2.84. The average Bonchev–Trinajstić information content (AvgIpc) is 2.09. The minimum atomic E-state index is -1.09. The Bertz CT molecular complexity index is 388. The van der Waals surface area contributed by atoms with Gasteiger partial charge in [0.1, 0.15) is 5.75 Å². The second-order valence-electron chi connectivity index (χ2n) is 2.84. The topological polar surface area (TPSA) is 92.4 Å². The predicted octanol–water partition coefficient (Wildman–Crippen LogP) is 0.124. The number of carbonyl (C=O) groups is 2. The first-order valence-corrected chi connectivity index (χ1v) is 3.91. The lowest BCUT2D eigenvalue weighted by atomic mass is 10.2. The molecule has 2 amide bonds. The van der Waals surface area contributed by atoms with Crippen LogP contribution in [0, 0.1) is 6.92 Å². The fourth-order valence-corrected chi connectivity index (χ4v) is 0.931. The van der Waals surface area contributed by atoms with Gasteiger partial charge in [0.2, 0.25) is 0 Å². The normalized spacial score (nSPS) is 9.50. The van der Waals surface area contributed by atoms with Gasteiger partial charge < -0.3 is 16.2 Å². The largest absolute Gasteiger partial charge is 0.506 e. The SMILES string of the molecule is Cc1ccc(NC(=O)C(N)=O)c(O)c1. The standard InChI is InChI=1S/C9H10N2O3/c1-5-2-3-6(7(12)4-5)11-9(14)8(10)13/h2-4,12H,1H3,(H2,10,13)(H,11,14). The molecular weight excluding hydrogens is 184 g/mol. The lowest BCUT2D eigenvalue weighted by Crippen LogP contribution is -2.29. The summed E-state index contributed by atoms with van der Waals surface area (Å²) in [5.74, 6) is -2.14. The molecule has 74 valence electrons. The van der Waals surface area contributed by atoms with Crippen molar-refractivity contribution in [2.45, 2.75) is 6.92 Å². The molecular formula is C9H10N2O3. The number of phenols is 1.